The number of halogens is 1. The zero-order chi connectivity index (χ0) is 13.2. The van der Waals surface area contributed by atoms with Crippen LogP contribution in [0.4, 0.5) is 0 Å². The van der Waals surface area contributed by atoms with Crippen molar-refractivity contribution >= 4 is 21.8 Å². The molecule has 1 aromatic rings. The molecule has 2 rings (SSSR count). The Hall–Kier alpha value is -0.840. The van der Waals surface area contributed by atoms with E-state index in [0.717, 1.165) is 24.0 Å². The zero-order valence-corrected chi connectivity index (χ0v) is 12.6. The highest BCUT2D eigenvalue weighted by atomic mass is 79.9. The van der Waals surface area contributed by atoms with Crippen LogP contribution in [-0.4, -0.2) is 34.1 Å². The molecule has 1 aliphatic rings. The summed E-state index contributed by atoms with van der Waals surface area (Å²) in [6, 6.07) is 0. The first kappa shape index (κ1) is 13.6. The fraction of sp³-hybridized carbons (Fsp3) is 0.692. The number of nitrogens with one attached hydrogen (secondary N) is 1. The Balaban J connectivity index is 2.10. The van der Waals surface area contributed by atoms with Gasteiger partial charge in [0.2, 0.25) is 0 Å². The third-order valence-corrected chi connectivity index (χ3v) is 4.33. The number of hydrogen-bond acceptors (Lipinski definition) is 2. The SMILES string of the molecule is CCC[C@]1(C)CCCN(C(=O)c2[nH]ncc2Br)C1. The molecule has 0 aromatic carbocycles. The van der Waals surface area contributed by atoms with Gasteiger partial charge in [0.05, 0.1) is 10.7 Å². The van der Waals surface area contributed by atoms with E-state index in [2.05, 4.69) is 40.0 Å². The molecule has 2 heterocycles. The number of nitrogens with zero attached hydrogens (tertiary/aromatic N) is 2. The van der Waals surface area contributed by atoms with E-state index in [1.165, 1.54) is 19.3 Å². The van der Waals surface area contributed by atoms with Gasteiger partial charge < -0.3 is 4.90 Å². The highest BCUT2D eigenvalue weighted by Crippen LogP contribution is 2.34. The molecule has 100 valence electrons. The van der Waals surface area contributed by atoms with E-state index >= 15 is 0 Å². The minimum Gasteiger partial charge on any atom is -0.337 e. The van der Waals surface area contributed by atoms with E-state index in [4.69, 9.17) is 0 Å². The van der Waals surface area contributed by atoms with Crippen LogP contribution in [0.3, 0.4) is 0 Å². The quantitative estimate of drug-likeness (QED) is 0.931. The van der Waals surface area contributed by atoms with Crippen LogP contribution in [0, 0.1) is 5.41 Å². The Bertz CT molecular complexity index is 428. The van der Waals surface area contributed by atoms with E-state index < -0.39 is 0 Å². The molecule has 1 aromatic heterocycles. The summed E-state index contributed by atoms with van der Waals surface area (Å²) in [6.07, 6.45) is 6.29. The van der Waals surface area contributed by atoms with E-state index in [9.17, 15) is 4.79 Å². The minimum absolute atomic E-state index is 0.0569. The number of rotatable bonds is 3. The maximum atomic E-state index is 12.4. The summed E-state index contributed by atoms with van der Waals surface area (Å²) in [5.74, 6) is 0.0569. The van der Waals surface area contributed by atoms with Crippen LogP contribution in [0.1, 0.15) is 50.0 Å². The van der Waals surface area contributed by atoms with Crippen LogP contribution in [0.15, 0.2) is 10.7 Å². The molecule has 1 aliphatic heterocycles. The van der Waals surface area contributed by atoms with Crippen molar-refractivity contribution in [3.05, 3.63) is 16.4 Å². The van der Waals surface area contributed by atoms with Crippen LogP contribution in [0.5, 0.6) is 0 Å². The van der Waals surface area contributed by atoms with E-state index in [1.807, 2.05) is 4.90 Å². The molecule has 1 fully saturated rings. The van der Waals surface area contributed by atoms with Gasteiger partial charge in [-0.05, 0) is 40.6 Å². The average molecular weight is 314 g/mol. The van der Waals surface area contributed by atoms with Gasteiger partial charge in [-0.25, -0.2) is 0 Å². The molecule has 0 unspecified atom stereocenters. The second-order valence-electron chi connectivity index (χ2n) is 5.48. The van der Waals surface area contributed by atoms with Gasteiger partial charge >= 0.3 is 0 Å². The smallest absolute Gasteiger partial charge is 0.273 e. The number of carbonyl (C=O) groups excluding carboxylic acids is 1. The number of aromatic nitrogens is 2. The van der Waals surface area contributed by atoms with Gasteiger partial charge in [0.1, 0.15) is 5.69 Å². The van der Waals surface area contributed by atoms with Crippen molar-refractivity contribution in [2.24, 2.45) is 5.41 Å². The summed E-state index contributed by atoms with van der Waals surface area (Å²) in [6.45, 7) is 6.20. The molecule has 0 saturated carbocycles. The van der Waals surface area contributed by atoms with Crippen molar-refractivity contribution in [1.82, 2.24) is 15.1 Å². The van der Waals surface area contributed by atoms with Crippen LogP contribution in [-0.2, 0) is 0 Å². The second kappa shape index (κ2) is 5.43. The second-order valence-corrected chi connectivity index (χ2v) is 6.34. The third-order valence-electron chi connectivity index (χ3n) is 3.73. The van der Waals surface area contributed by atoms with Crippen LogP contribution < -0.4 is 0 Å². The van der Waals surface area contributed by atoms with E-state index in [0.29, 0.717) is 5.69 Å². The van der Waals surface area contributed by atoms with Crippen LogP contribution in [0.25, 0.3) is 0 Å². The van der Waals surface area contributed by atoms with Crippen LogP contribution >= 0.6 is 15.9 Å². The molecule has 0 aliphatic carbocycles. The summed E-state index contributed by atoms with van der Waals surface area (Å²) in [5.41, 5.74) is 0.838. The van der Waals surface area contributed by atoms with E-state index in [-0.39, 0.29) is 11.3 Å². The molecule has 0 spiro atoms. The molecule has 18 heavy (non-hydrogen) atoms. The molecule has 1 amide bonds. The highest BCUT2D eigenvalue weighted by molar-refractivity contribution is 9.10. The summed E-state index contributed by atoms with van der Waals surface area (Å²) < 4.78 is 0.746. The Morgan fingerprint density at radius 1 is 1.67 bits per heavy atom. The lowest BCUT2D eigenvalue weighted by Gasteiger charge is -2.40. The summed E-state index contributed by atoms with van der Waals surface area (Å²) in [5, 5.41) is 6.66. The number of carbonyl (C=O) groups is 1. The molecule has 1 saturated heterocycles. The maximum Gasteiger partial charge on any atom is 0.273 e. The van der Waals surface area contributed by atoms with Gasteiger partial charge in [0, 0.05) is 13.1 Å². The Kier molecular flexibility index (Phi) is 4.10. The number of hydrogen-bond donors (Lipinski definition) is 1. The summed E-state index contributed by atoms with van der Waals surface area (Å²) >= 11 is 3.35. The maximum absolute atomic E-state index is 12.4. The van der Waals surface area contributed by atoms with Gasteiger partial charge in [-0.1, -0.05) is 20.3 Å². The Morgan fingerprint density at radius 3 is 3.06 bits per heavy atom. The van der Waals surface area contributed by atoms with Crippen molar-refractivity contribution in [2.45, 2.75) is 39.5 Å². The fourth-order valence-corrected chi connectivity index (χ4v) is 3.24. The number of H-pyrrole nitrogens is 1. The van der Waals surface area contributed by atoms with Crippen molar-refractivity contribution in [3.8, 4) is 0 Å². The molecule has 0 bridgehead atoms. The minimum atomic E-state index is 0.0569. The number of likely N-dealkylation sites (tertiary alicyclic amines) is 1. The average Bonchev–Trinajstić information content (AvgIpc) is 2.74. The normalized spacial score (nSPS) is 24.3. The first-order valence-corrected chi connectivity index (χ1v) is 7.33. The zero-order valence-electron chi connectivity index (χ0n) is 11.0. The number of piperidine rings is 1. The first-order chi connectivity index (χ1) is 8.56. The number of amides is 1. The molecule has 5 heteroatoms. The van der Waals surface area contributed by atoms with Crippen molar-refractivity contribution in [2.75, 3.05) is 13.1 Å². The first-order valence-electron chi connectivity index (χ1n) is 6.54. The van der Waals surface area contributed by atoms with Gasteiger partial charge in [-0.3, -0.25) is 9.89 Å². The third kappa shape index (κ3) is 2.76. The molecular weight excluding hydrogens is 294 g/mol. The number of aromatic amines is 1. The topological polar surface area (TPSA) is 49.0 Å². The molecule has 1 atom stereocenters. The van der Waals surface area contributed by atoms with Crippen molar-refractivity contribution < 1.29 is 4.79 Å². The van der Waals surface area contributed by atoms with Gasteiger partial charge in [0.25, 0.3) is 5.91 Å². The largest absolute Gasteiger partial charge is 0.337 e. The predicted octanol–water partition coefficient (Wildman–Crippen LogP) is 3.21. The van der Waals surface area contributed by atoms with Gasteiger partial charge in [-0.15, -0.1) is 0 Å². The van der Waals surface area contributed by atoms with Crippen molar-refractivity contribution in [1.29, 1.82) is 0 Å². The predicted molar refractivity (Wildman–Crippen MR) is 74.4 cm³/mol. The van der Waals surface area contributed by atoms with Crippen molar-refractivity contribution in [3.63, 3.8) is 0 Å². The molecule has 1 N–H and O–H groups in total. The Morgan fingerprint density at radius 2 is 2.44 bits per heavy atom. The summed E-state index contributed by atoms with van der Waals surface area (Å²) in [4.78, 5) is 14.4. The molecule has 0 radical (unpaired) electrons. The monoisotopic (exact) mass is 313 g/mol. The summed E-state index contributed by atoms with van der Waals surface area (Å²) in [7, 11) is 0. The van der Waals surface area contributed by atoms with Gasteiger partial charge in [0.15, 0.2) is 0 Å². The highest BCUT2D eigenvalue weighted by Gasteiger charge is 2.33. The lowest BCUT2D eigenvalue weighted by molar-refractivity contribution is 0.0524. The standard InChI is InChI=1S/C13H20BrN3O/c1-3-5-13(2)6-4-7-17(9-13)12(18)11-10(14)8-15-16-11/h8H,3-7,9H2,1-2H3,(H,15,16)/t13-/m1/s1. The van der Waals surface area contributed by atoms with Gasteiger partial charge in [-0.2, -0.15) is 5.10 Å². The lowest BCUT2D eigenvalue weighted by atomic mass is 9.78. The fourth-order valence-electron chi connectivity index (χ4n) is 2.88. The molecular formula is C13H20BrN3O. The molecule has 4 nitrogen and oxygen atoms in total. The van der Waals surface area contributed by atoms with Crippen LogP contribution in [0.2, 0.25) is 0 Å². The van der Waals surface area contributed by atoms with E-state index in [1.54, 1.807) is 6.20 Å². The Labute approximate surface area is 116 Å². The lowest BCUT2D eigenvalue weighted by Crippen LogP contribution is -2.45.